The number of guanidine groups is 1. The Balaban J connectivity index is 0.00000625. The van der Waals surface area contributed by atoms with E-state index in [9.17, 15) is 9.59 Å². The van der Waals surface area contributed by atoms with Crippen molar-refractivity contribution in [2.75, 3.05) is 39.0 Å². The number of amides is 2. The number of anilines is 1. The van der Waals surface area contributed by atoms with Crippen LogP contribution in [-0.4, -0.2) is 56.4 Å². The van der Waals surface area contributed by atoms with Gasteiger partial charge in [-0.15, -0.1) is 24.0 Å². The average molecular weight is 496 g/mol. The van der Waals surface area contributed by atoms with Crippen LogP contribution in [0.2, 0.25) is 5.02 Å². The summed E-state index contributed by atoms with van der Waals surface area (Å²) in [4.78, 5) is 29.3. The molecule has 0 unspecified atom stereocenters. The van der Waals surface area contributed by atoms with Crippen molar-refractivity contribution >= 4 is 59.0 Å². The predicted molar refractivity (Wildman–Crippen MR) is 118 cm³/mol. The van der Waals surface area contributed by atoms with Crippen LogP contribution in [-0.2, 0) is 9.59 Å². The van der Waals surface area contributed by atoms with Gasteiger partial charge in [-0.2, -0.15) is 0 Å². The predicted octanol–water partition coefficient (Wildman–Crippen LogP) is 2.24. The molecule has 1 aromatic carbocycles. The van der Waals surface area contributed by atoms with Gasteiger partial charge in [-0.3, -0.25) is 9.59 Å². The van der Waals surface area contributed by atoms with Crippen LogP contribution in [0.1, 0.15) is 18.9 Å². The Hall–Kier alpha value is -1.55. The fourth-order valence-electron chi connectivity index (χ4n) is 1.86. The maximum Gasteiger partial charge on any atom is 0.243 e. The SMILES string of the molecule is CCNC(=NCC(=O)N(C)C)NCCC(=O)Nc1ccc(C)cc1Cl.I. The molecule has 1 rings (SSSR count). The highest BCUT2D eigenvalue weighted by Crippen LogP contribution is 2.22. The lowest BCUT2D eigenvalue weighted by Gasteiger charge is -2.13. The second kappa shape index (κ2) is 12.7. The van der Waals surface area contributed by atoms with E-state index in [0.29, 0.717) is 29.8 Å². The Labute approximate surface area is 177 Å². The van der Waals surface area contributed by atoms with E-state index in [1.165, 1.54) is 4.90 Å². The largest absolute Gasteiger partial charge is 0.357 e. The summed E-state index contributed by atoms with van der Waals surface area (Å²) >= 11 is 6.10. The van der Waals surface area contributed by atoms with E-state index in [2.05, 4.69) is 20.9 Å². The van der Waals surface area contributed by atoms with Crippen molar-refractivity contribution in [3.05, 3.63) is 28.8 Å². The van der Waals surface area contributed by atoms with Crippen LogP contribution in [0.15, 0.2) is 23.2 Å². The standard InChI is InChI=1S/C17H26ClN5O2.HI/c1-5-19-17(21-11-16(25)23(3)4)20-9-8-15(24)22-14-7-6-12(2)10-13(14)18;/h6-7,10H,5,8-9,11H2,1-4H3,(H,22,24)(H2,19,20,21);1H. The lowest BCUT2D eigenvalue weighted by molar-refractivity contribution is -0.127. The maximum atomic E-state index is 12.0. The molecule has 0 fully saturated rings. The van der Waals surface area contributed by atoms with Gasteiger partial charge in [0, 0.05) is 33.6 Å². The Morgan fingerprint density at radius 1 is 1.23 bits per heavy atom. The number of halogens is 2. The van der Waals surface area contributed by atoms with Crippen LogP contribution in [0, 0.1) is 6.92 Å². The zero-order valence-electron chi connectivity index (χ0n) is 15.6. The summed E-state index contributed by atoms with van der Waals surface area (Å²) in [5, 5.41) is 9.35. The van der Waals surface area contributed by atoms with Gasteiger partial charge in [0.05, 0.1) is 10.7 Å². The molecule has 2 amide bonds. The number of benzene rings is 1. The molecule has 9 heteroatoms. The fourth-order valence-corrected chi connectivity index (χ4v) is 2.14. The molecule has 26 heavy (non-hydrogen) atoms. The first-order valence-electron chi connectivity index (χ1n) is 8.11. The maximum absolute atomic E-state index is 12.0. The zero-order valence-corrected chi connectivity index (χ0v) is 18.6. The first kappa shape index (κ1) is 24.5. The summed E-state index contributed by atoms with van der Waals surface area (Å²) < 4.78 is 0. The molecule has 0 radical (unpaired) electrons. The lowest BCUT2D eigenvalue weighted by atomic mass is 10.2. The van der Waals surface area contributed by atoms with E-state index >= 15 is 0 Å². The average Bonchev–Trinajstić information content (AvgIpc) is 2.54. The molecule has 0 aliphatic carbocycles. The Bertz CT molecular complexity index is 638. The number of hydrogen-bond donors (Lipinski definition) is 3. The molecule has 0 atom stereocenters. The second-order valence-electron chi connectivity index (χ2n) is 5.69. The van der Waals surface area contributed by atoms with Crippen LogP contribution < -0.4 is 16.0 Å². The van der Waals surface area contributed by atoms with Gasteiger partial charge in [0.1, 0.15) is 6.54 Å². The first-order chi connectivity index (χ1) is 11.8. The molecular weight excluding hydrogens is 469 g/mol. The molecule has 3 N–H and O–H groups in total. The van der Waals surface area contributed by atoms with E-state index in [1.807, 2.05) is 19.9 Å². The van der Waals surface area contributed by atoms with Crippen molar-refractivity contribution in [1.29, 1.82) is 0 Å². The molecule has 0 saturated heterocycles. The Morgan fingerprint density at radius 2 is 1.92 bits per heavy atom. The zero-order chi connectivity index (χ0) is 18.8. The quantitative estimate of drug-likeness (QED) is 0.308. The summed E-state index contributed by atoms with van der Waals surface area (Å²) in [5.74, 6) is 0.251. The van der Waals surface area contributed by atoms with Crippen molar-refractivity contribution in [3.63, 3.8) is 0 Å². The third-order valence-electron chi connectivity index (χ3n) is 3.26. The molecule has 0 spiro atoms. The molecule has 0 bridgehead atoms. The van der Waals surface area contributed by atoms with Gasteiger partial charge in [0.15, 0.2) is 5.96 Å². The minimum atomic E-state index is -0.154. The van der Waals surface area contributed by atoms with Gasteiger partial charge >= 0.3 is 0 Å². The van der Waals surface area contributed by atoms with E-state index in [0.717, 1.165) is 5.56 Å². The van der Waals surface area contributed by atoms with Gasteiger partial charge in [0.25, 0.3) is 0 Å². The summed E-state index contributed by atoms with van der Waals surface area (Å²) in [7, 11) is 3.36. The minimum Gasteiger partial charge on any atom is -0.357 e. The highest BCUT2D eigenvalue weighted by Gasteiger charge is 2.07. The Morgan fingerprint density at radius 3 is 2.50 bits per heavy atom. The highest BCUT2D eigenvalue weighted by molar-refractivity contribution is 14.0. The molecule has 1 aromatic rings. The van der Waals surface area contributed by atoms with Crippen LogP contribution in [0.3, 0.4) is 0 Å². The number of carbonyl (C=O) groups is 2. The molecule has 0 saturated carbocycles. The normalized spacial score (nSPS) is 10.6. The number of rotatable bonds is 7. The van der Waals surface area contributed by atoms with Crippen molar-refractivity contribution in [2.24, 2.45) is 4.99 Å². The van der Waals surface area contributed by atoms with E-state index < -0.39 is 0 Å². The van der Waals surface area contributed by atoms with E-state index in [-0.39, 0.29) is 48.8 Å². The third kappa shape index (κ3) is 9.23. The lowest BCUT2D eigenvalue weighted by Crippen LogP contribution is -2.39. The highest BCUT2D eigenvalue weighted by atomic mass is 127. The number of hydrogen-bond acceptors (Lipinski definition) is 3. The number of aryl methyl sites for hydroxylation is 1. The summed E-state index contributed by atoms with van der Waals surface area (Å²) in [6, 6.07) is 5.46. The van der Waals surface area contributed by atoms with Gasteiger partial charge < -0.3 is 20.9 Å². The van der Waals surface area contributed by atoms with Gasteiger partial charge in [-0.1, -0.05) is 17.7 Å². The summed E-state index contributed by atoms with van der Waals surface area (Å²) in [6.07, 6.45) is 0.246. The topological polar surface area (TPSA) is 85.8 Å². The molecule has 0 aliphatic rings. The molecule has 0 aliphatic heterocycles. The monoisotopic (exact) mass is 495 g/mol. The summed E-state index contributed by atoms with van der Waals surface area (Å²) in [5.41, 5.74) is 1.62. The molecule has 146 valence electrons. The van der Waals surface area contributed by atoms with Crippen molar-refractivity contribution < 1.29 is 9.59 Å². The first-order valence-corrected chi connectivity index (χ1v) is 8.49. The van der Waals surface area contributed by atoms with Crippen molar-refractivity contribution in [1.82, 2.24) is 15.5 Å². The van der Waals surface area contributed by atoms with Crippen molar-refractivity contribution in [3.8, 4) is 0 Å². The minimum absolute atomic E-state index is 0. The van der Waals surface area contributed by atoms with Crippen LogP contribution in [0.5, 0.6) is 0 Å². The second-order valence-corrected chi connectivity index (χ2v) is 6.10. The van der Waals surface area contributed by atoms with Crippen molar-refractivity contribution in [2.45, 2.75) is 20.3 Å². The van der Waals surface area contributed by atoms with Gasteiger partial charge in [-0.05, 0) is 31.5 Å². The number of nitrogens with one attached hydrogen (secondary N) is 3. The molecule has 0 aromatic heterocycles. The fraction of sp³-hybridized carbons (Fsp3) is 0.471. The number of aliphatic imine (C=N–C) groups is 1. The smallest absolute Gasteiger partial charge is 0.243 e. The van der Waals surface area contributed by atoms with Gasteiger partial charge in [0.2, 0.25) is 11.8 Å². The van der Waals surface area contributed by atoms with Crippen LogP contribution >= 0.6 is 35.6 Å². The molecule has 0 heterocycles. The van der Waals surface area contributed by atoms with Gasteiger partial charge in [-0.25, -0.2) is 4.99 Å². The molecule has 7 nitrogen and oxygen atoms in total. The van der Waals surface area contributed by atoms with Crippen LogP contribution in [0.4, 0.5) is 5.69 Å². The van der Waals surface area contributed by atoms with E-state index in [1.54, 1.807) is 26.2 Å². The Kier molecular flexibility index (Phi) is 12.0. The molecular formula is C17H27ClIN5O2. The van der Waals surface area contributed by atoms with Crippen LogP contribution in [0.25, 0.3) is 0 Å². The third-order valence-corrected chi connectivity index (χ3v) is 3.57. The van der Waals surface area contributed by atoms with E-state index in [4.69, 9.17) is 11.6 Å². The number of carbonyl (C=O) groups excluding carboxylic acids is 2. The number of nitrogens with zero attached hydrogens (tertiary/aromatic N) is 2. The number of likely N-dealkylation sites (N-methyl/N-ethyl adjacent to an activating group) is 1. The summed E-state index contributed by atoms with van der Waals surface area (Å²) in [6.45, 7) is 4.96.